The van der Waals surface area contributed by atoms with Crippen molar-refractivity contribution in [1.29, 1.82) is 0 Å². The molecule has 116 valence electrons. The highest BCUT2D eigenvalue weighted by Gasteiger charge is 2.16. The van der Waals surface area contributed by atoms with Crippen LogP contribution in [-0.2, 0) is 4.79 Å². The number of hydrogen-bond donors (Lipinski definition) is 1. The van der Waals surface area contributed by atoms with Crippen molar-refractivity contribution in [3.8, 4) is 5.75 Å². The van der Waals surface area contributed by atoms with Gasteiger partial charge in [0.2, 0.25) is 0 Å². The molecule has 1 N–H and O–H groups in total. The summed E-state index contributed by atoms with van der Waals surface area (Å²) in [6, 6.07) is 8.88. The molecule has 0 bridgehead atoms. The molecule has 3 nitrogen and oxygen atoms in total. The Bertz CT molecular complexity index is 707. The molecule has 2 aromatic carbocycles. The number of anilines is 1. The highest BCUT2D eigenvalue weighted by molar-refractivity contribution is 6.33. The molecule has 22 heavy (non-hydrogen) atoms. The molecule has 0 saturated heterocycles. The number of amides is 1. The number of nitrogens with one attached hydrogen (secondary N) is 1. The van der Waals surface area contributed by atoms with E-state index in [0.717, 1.165) is 11.6 Å². The van der Waals surface area contributed by atoms with Gasteiger partial charge in [0.25, 0.3) is 5.91 Å². The molecular weight excluding hydrogens is 328 g/mol. The number of carbonyl (C=O) groups excluding carboxylic acids is 1. The molecule has 0 fully saturated rings. The number of ether oxygens (including phenoxy) is 1. The van der Waals surface area contributed by atoms with Crippen LogP contribution in [-0.4, -0.2) is 12.0 Å². The zero-order valence-corrected chi connectivity index (χ0v) is 13.5. The number of halogens is 3. The smallest absolute Gasteiger partial charge is 0.265 e. The lowest BCUT2D eigenvalue weighted by Crippen LogP contribution is -2.30. The lowest BCUT2D eigenvalue weighted by Gasteiger charge is -2.16. The SMILES string of the molecule is Cc1cc(O[C@@H](C)C(=O)Nc2ccc(F)cc2Cl)ccc1Cl. The molecule has 0 aliphatic heterocycles. The van der Waals surface area contributed by atoms with Gasteiger partial charge >= 0.3 is 0 Å². The lowest BCUT2D eigenvalue weighted by molar-refractivity contribution is -0.122. The third kappa shape index (κ3) is 4.12. The Morgan fingerprint density at radius 1 is 1.18 bits per heavy atom. The Labute approximate surface area is 138 Å². The van der Waals surface area contributed by atoms with E-state index in [2.05, 4.69) is 5.32 Å². The molecule has 1 amide bonds. The fourth-order valence-corrected chi connectivity index (χ4v) is 2.11. The van der Waals surface area contributed by atoms with Crippen molar-refractivity contribution in [3.05, 3.63) is 57.8 Å². The first-order chi connectivity index (χ1) is 10.4. The van der Waals surface area contributed by atoms with E-state index in [1.54, 1.807) is 25.1 Å². The van der Waals surface area contributed by atoms with Crippen molar-refractivity contribution in [2.75, 3.05) is 5.32 Å². The van der Waals surface area contributed by atoms with Crippen LogP contribution in [0.3, 0.4) is 0 Å². The van der Waals surface area contributed by atoms with Crippen LogP contribution in [0, 0.1) is 12.7 Å². The lowest BCUT2D eigenvalue weighted by atomic mass is 10.2. The molecule has 2 rings (SSSR count). The highest BCUT2D eigenvalue weighted by atomic mass is 35.5. The number of hydrogen-bond acceptors (Lipinski definition) is 2. The van der Waals surface area contributed by atoms with Gasteiger partial charge in [-0.05, 0) is 55.8 Å². The Hall–Kier alpha value is -1.78. The fourth-order valence-electron chi connectivity index (χ4n) is 1.77. The van der Waals surface area contributed by atoms with Crippen molar-refractivity contribution < 1.29 is 13.9 Å². The molecule has 0 aliphatic carbocycles. The van der Waals surface area contributed by atoms with E-state index in [-0.39, 0.29) is 10.9 Å². The summed E-state index contributed by atoms with van der Waals surface area (Å²) in [6.07, 6.45) is -0.748. The number of carbonyl (C=O) groups is 1. The van der Waals surface area contributed by atoms with Crippen molar-refractivity contribution in [1.82, 2.24) is 0 Å². The van der Waals surface area contributed by atoms with Crippen LogP contribution >= 0.6 is 23.2 Å². The van der Waals surface area contributed by atoms with Crippen molar-refractivity contribution in [2.24, 2.45) is 0 Å². The van der Waals surface area contributed by atoms with Crippen LogP contribution in [0.4, 0.5) is 10.1 Å². The summed E-state index contributed by atoms with van der Waals surface area (Å²) in [5.41, 5.74) is 1.18. The second-order valence-corrected chi connectivity index (χ2v) is 5.60. The minimum absolute atomic E-state index is 0.128. The minimum Gasteiger partial charge on any atom is -0.481 e. The van der Waals surface area contributed by atoms with Gasteiger partial charge in [0.1, 0.15) is 11.6 Å². The molecule has 6 heteroatoms. The van der Waals surface area contributed by atoms with Gasteiger partial charge in [0, 0.05) is 5.02 Å². The van der Waals surface area contributed by atoms with Crippen LogP contribution in [0.2, 0.25) is 10.0 Å². The van der Waals surface area contributed by atoms with Crippen molar-refractivity contribution in [3.63, 3.8) is 0 Å². The average Bonchev–Trinajstić information content (AvgIpc) is 2.45. The van der Waals surface area contributed by atoms with Gasteiger partial charge in [0.15, 0.2) is 6.10 Å². The fraction of sp³-hybridized carbons (Fsp3) is 0.188. The van der Waals surface area contributed by atoms with Crippen LogP contribution < -0.4 is 10.1 Å². The Balaban J connectivity index is 2.04. The number of rotatable bonds is 4. The highest BCUT2D eigenvalue weighted by Crippen LogP contribution is 2.24. The van der Waals surface area contributed by atoms with Gasteiger partial charge in [0.05, 0.1) is 10.7 Å². The third-order valence-corrected chi connectivity index (χ3v) is 3.74. The van der Waals surface area contributed by atoms with E-state index >= 15 is 0 Å². The molecule has 0 radical (unpaired) electrons. The Morgan fingerprint density at radius 3 is 2.55 bits per heavy atom. The van der Waals surface area contributed by atoms with E-state index in [1.807, 2.05) is 6.92 Å². The van der Waals surface area contributed by atoms with Gasteiger partial charge in [-0.1, -0.05) is 23.2 Å². The minimum atomic E-state index is -0.748. The molecule has 2 aromatic rings. The first-order valence-electron chi connectivity index (χ1n) is 6.55. The van der Waals surface area contributed by atoms with Crippen LogP contribution in [0.25, 0.3) is 0 Å². The predicted octanol–water partition coefficient (Wildman–Crippen LogP) is 4.85. The normalized spacial score (nSPS) is 11.9. The van der Waals surface area contributed by atoms with E-state index in [1.165, 1.54) is 12.1 Å². The summed E-state index contributed by atoms with van der Waals surface area (Å²) in [4.78, 5) is 12.1. The molecule has 0 aliphatic rings. The monoisotopic (exact) mass is 341 g/mol. The molecule has 0 spiro atoms. The van der Waals surface area contributed by atoms with Gasteiger partial charge < -0.3 is 10.1 Å². The second-order valence-electron chi connectivity index (χ2n) is 4.78. The van der Waals surface area contributed by atoms with Crippen LogP contribution in [0.1, 0.15) is 12.5 Å². The van der Waals surface area contributed by atoms with Crippen LogP contribution in [0.15, 0.2) is 36.4 Å². The van der Waals surface area contributed by atoms with E-state index in [4.69, 9.17) is 27.9 Å². The second kappa shape index (κ2) is 6.99. The molecule has 1 atom stereocenters. The maximum Gasteiger partial charge on any atom is 0.265 e. The summed E-state index contributed by atoms with van der Waals surface area (Å²) >= 11 is 11.8. The van der Waals surface area contributed by atoms with Crippen molar-refractivity contribution in [2.45, 2.75) is 20.0 Å². The summed E-state index contributed by atoms with van der Waals surface area (Å²) in [7, 11) is 0. The van der Waals surface area contributed by atoms with Crippen LogP contribution in [0.5, 0.6) is 5.75 Å². The van der Waals surface area contributed by atoms with E-state index in [0.29, 0.717) is 16.5 Å². The van der Waals surface area contributed by atoms with Gasteiger partial charge in [-0.3, -0.25) is 4.79 Å². The topological polar surface area (TPSA) is 38.3 Å². The average molecular weight is 342 g/mol. The summed E-state index contributed by atoms with van der Waals surface area (Å²) in [5, 5.41) is 3.35. The van der Waals surface area contributed by atoms with Gasteiger partial charge in [-0.15, -0.1) is 0 Å². The Morgan fingerprint density at radius 2 is 1.91 bits per heavy atom. The molecule has 0 heterocycles. The maximum absolute atomic E-state index is 13.0. The zero-order valence-electron chi connectivity index (χ0n) is 12.0. The van der Waals surface area contributed by atoms with Gasteiger partial charge in [-0.25, -0.2) is 4.39 Å². The molecule has 0 saturated carbocycles. The van der Waals surface area contributed by atoms with Gasteiger partial charge in [-0.2, -0.15) is 0 Å². The molecule has 0 unspecified atom stereocenters. The first kappa shape index (κ1) is 16.6. The number of aryl methyl sites for hydroxylation is 1. The zero-order chi connectivity index (χ0) is 16.3. The standard InChI is InChI=1S/C16H14Cl2FNO2/c1-9-7-12(4-5-13(9)17)22-10(2)16(21)20-15-6-3-11(19)8-14(15)18/h3-8,10H,1-2H3,(H,20,21)/t10-/m0/s1. The predicted molar refractivity (Wildman–Crippen MR) is 86.3 cm³/mol. The summed E-state index contributed by atoms with van der Waals surface area (Å²) < 4.78 is 18.5. The summed E-state index contributed by atoms with van der Waals surface area (Å²) in [5.74, 6) is -0.320. The largest absolute Gasteiger partial charge is 0.481 e. The molecule has 0 aromatic heterocycles. The molecular formula is C16H14Cl2FNO2. The Kier molecular flexibility index (Phi) is 5.27. The van der Waals surface area contributed by atoms with E-state index in [9.17, 15) is 9.18 Å². The maximum atomic E-state index is 13.0. The quantitative estimate of drug-likeness (QED) is 0.863. The van der Waals surface area contributed by atoms with E-state index < -0.39 is 11.9 Å². The van der Waals surface area contributed by atoms with Crippen molar-refractivity contribution >= 4 is 34.8 Å². The third-order valence-electron chi connectivity index (χ3n) is 3.00. The first-order valence-corrected chi connectivity index (χ1v) is 7.31. The number of benzene rings is 2. The summed E-state index contributed by atoms with van der Waals surface area (Å²) in [6.45, 7) is 3.45.